The number of rotatable bonds is 3. The number of nitrogens with zero attached hydrogens (tertiary/aromatic N) is 5. The number of para-hydroxylation sites is 2. The number of aromatic nitrogens is 6. The van der Waals surface area contributed by atoms with Gasteiger partial charge < -0.3 is 10.3 Å². The van der Waals surface area contributed by atoms with Crippen molar-refractivity contribution in [1.29, 1.82) is 0 Å². The van der Waals surface area contributed by atoms with Crippen LogP contribution in [0.2, 0.25) is 0 Å². The normalized spacial score (nSPS) is 12.1. The quantitative estimate of drug-likeness (QED) is 0.602. The van der Waals surface area contributed by atoms with E-state index in [1.807, 2.05) is 24.3 Å². The number of aromatic amines is 1. The number of imidazole rings is 2. The first-order valence-electron chi connectivity index (χ1n) is 6.96. The summed E-state index contributed by atoms with van der Waals surface area (Å²) in [4.78, 5) is 15.2. The third-order valence-electron chi connectivity index (χ3n) is 3.46. The highest BCUT2D eigenvalue weighted by atomic mass is 19.4. The zero-order valence-corrected chi connectivity index (χ0v) is 12.0. The highest BCUT2D eigenvalue weighted by Gasteiger charge is 2.35. The Balaban J connectivity index is 1.64. The molecule has 122 valence electrons. The fourth-order valence-corrected chi connectivity index (χ4v) is 2.39. The molecule has 0 bridgehead atoms. The third kappa shape index (κ3) is 2.41. The van der Waals surface area contributed by atoms with Gasteiger partial charge in [0.05, 0.1) is 23.8 Å². The molecule has 0 aliphatic heterocycles. The van der Waals surface area contributed by atoms with Crippen molar-refractivity contribution in [2.45, 2.75) is 12.7 Å². The van der Waals surface area contributed by atoms with Crippen molar-refractivity contribution in [3.05, 3.63) is 48.3 Å². The van der Waals surface area contributed by atoms with Crippen LogP contribution in [0.1, 0.15) is 11.5 Å². The molecule has 0 aliphatic rings. The minimum absolute atomic E-state index is 0.000867. The van der Waals surface area contributed by atoms with Gasteiger partial charge in [0, 0.05) is 0 Å². The molecule has 0 saturated carbocycles. The molecular formula is C14H10F3N7. The molecule has 0 radical (unpaired) electrons. The average Bonchev–Trinajstić information content (AvgIpc) is 3.16. The van der Waals surface area contributed by atoms with Crippen LogP contribution in [-0.2, 0) is 12.7 Å². The number of hydrogen-bond acceptors (Lipinski definition) is 5. The monoisotopic (exact) mass is 333 g/mol. The van der Waals surface area contributed by atoms with E-state index in [0.29, 0.717) is 10.3 Å². The van der Waals surface area contributed by atoms with Crippen LogP contribution in [-0.4, -0.2) is 29.5 Å². The van der Waals surface area contributed by atoms with E-state index in [4.69, 9.17) is 0 Å². The Bertz CT molecular complexity index is 985. The number of benzene rings is 1. The molecule has 4 aromatic rings. The van der Waals surface area contributed by atoms with E-state index in [9.17, 15) is 13.2 Å². The van der Waals surface area contributed by atoms with Gasteiger partial charge in [0.2, 0.25) is 0 Å². The van der Waals surface area contributed by atoms with Crippen LogP contribution in [0.15, 0.2) is 36.8 Å². The second-order valence-electron chi connectivity index (χ2n) is 5.04. The topological polar surface area (TPSA) is 83.8 Å². The van der Waals surface area contributed by atoms with Crippen LogP contribution in [0.3, 0.4) is 0 Å². The molecule has 0 fully saturated rings. The second-order valence-corrected chi connectivity index (χ2v) is 5.04. The number of H-pyrrole nitrogens is 1. The Morgan fingerprint density at radius 1 is 1.17 bits per heavy atom. The molecule has 10 heteroatoms. The van der Waals surface area contributed by atoms with Gasteiger partial charge in [0.25, 0.3) is 0 Å². The highest BCUT2D eigenvalue weighted by molar-refractivity contribution is 5.74. The molecule has 0 unspecified atom stereocenters. The number of halogens is 3. The molecule has 3 aromatic heterocycles. The van der Waals surface area contributed by atoms with Gasteiger partial charge in [-0.2, -0.15) is 18.3 Å². The van der Waals surface area contributed by atoms with Crippen LogP contribution in [0, 0.1) is 0 Å². The summed E-state index contributed by atoms with van der Waals surface area (Å²) >= 11 is 0. The zero-order chi connectivity index (χ0) is 16.7. The predicted octanol–water partition coefficient (Wildman–Crippen LogP) is 2.63. The molecular weight excluding hydrogens is 323 g/mol. The molecule has 7 nitrogen and oxygen atoms in total. The van der Waals surface area contributed by atoms with Gasteiger partial charge in [-0.1, -0.05) is 12.1 Å². The van der Waals surface area contributed by atoms with Gasteiger partial charge in [-0.25, -0.2) is 19.5 Å². The smallest absolute Gasteiger partial charge is 0.360 e. The maximum atomic E-state index is 12.9. The maximum Gasteiger partial charge on any atom is 0.435 e. The summed E-state index contributed by atoms with van der Waals surface area (Å²) in [5.74, 6) is 0.830. The predicted molar refractivity (Wildman–Crippen MR) is 79.2 cm³/mol. The van der Waals surface area contributed by atoms with E-state index in [-0.39, 0.29) is 18.0 Å². The Morgan fingerprint density at radius 2 is 2.00 bits per heavy atom. The molecule has 4 rings (SSSR count). The van der Waals surface area contributed by atoms with Gasteiger partial charge in [-0.15, -0.1) is 0 Å². The highest BCUT2D eigenvalue weighted by Crippen LogP contribution is 2.30. The molecule has 0 saturated heterocycles. The Kier molecular flexibility index (Phi) is 3.12. The Morgan fingerprint density at radius 3 is 2.79 bits per heavy atom. The van der Waals surface area contributed by atoms with Crippen LogP contribution < -0.4 is 5.32 Å². The van der Waals surface area contributed by atoms with E-state index >= 15 is 0 Å². The van der Waals surface area contributed by atoms with E-state index in [1.165, 1.54) is 0 Å². The summed E-state index contributed by atoms with van der Waals surface area (Å²) in [5.41, 5.74) is 0.734. The largest absolute Gasteiger partial charge is 0.435 e. The van der Waals surface area contributed by atoms with Crippen molar-refractivity contribution in [1.82, 2.24) is 29.5 Å². The Labute approximate surface area is 132 Å². The van der Waals surface area contributed by atoms with Gasteiger partial charge in [-0.05, 0) is 12.1 Å². The van der Waals surface area contributed by atoms with Crippen molar-refractivity contribution < 1.29 is 13.2 Å². The summed E-state index contributed by atoms with van der Waals surface area (Å²) in [7, 11) is 0. The molecule has 2 N–H and O–H groups in total. The van der Waals surface area contributed by atoms with Gasteiger partial charge in [-0.3, -0.25) is 0 Å². The first-order valence-corrected chi connectivity index (χ1v) is 6.96. The molecule has 0 atom stereocenters. The van der Waals surface area contributed by atoms with E-state index < -0.39 is 11.9 Å². The number of anilines is 1. The summed E-state index contributed by atoms with van der Waals surface area (Å²) in [6, 6.07) is 7.51. The molecule has 1 aromatic carbocycles. The lowest BCUT2D eigenvalue weighted by Gasteiger charge is -2.07. The SMILES string of the molecule is FC(F)(F)c1cnc2c(NCc3nc4ccccc4[nH]3)ncnn12. The number of hydrogen-bond donors (Lipinski definition) is 2. The number of fused-ring (bicyclic) bond motifs is 2. The second kappa shape index (κ2) is 5.18. The lowest BCUT2D eigenvalue weighted by molar-refractivity contribution is -0.142. The van der Waals surface area contributed by atoms with Crippen LogP contribution in [0.5, 0.6) is 0 Å². The lowest BCUT2D eigenvalue weighted by Crippen LogP contribution is -2.12. The summed E-state index contributed by atoms with van der Waals surface area (Å²) in [6.07, 6.45) is -2.76. The first-order chi connectivity index (χ1) is 11.5. The standard InChI is InChI=1S/C14H10F3N7/c15-14(16,17)10-5-19-13-12(20-7-21-24(10)13)18-6-11-22-8-3-1-2-4-9(8)23-11/h1-5,7H,6H2,(H,22,23)(H,18,20,21). The van der Waals surface area contributed by atoms with Gasteiger partial charge >= 0.3 is 6.18 Å². The summed E-state index contributed by atoms with van der Waals surface area (Å²) in [5, 5.41) is 6.55. The summed E-state index contributed by atoms with van der Waals surface area (Å²) in [6.45, 7) is 0.259. The van der Waals surface area contributed by atoms with E-state index in [0.717, 1.165) is 23.6 Å². The average molecular weight is 333 g/mol. The van der Waals surface area contributed by atoms with Crippen molar-refractivity contribution in [3.8, 4) is 0 Å². The van der Waals surface area contributed by atoms with Crippen LogP contribution in [0.4, 0.5) is 19.0 Å². The molecule has 3 heterocycles. The Hall–Kier alpha value is -3.17. The maximum absolute atomic E-state index is 12.9. The lowest BCUT2D eigenvalue weighted by atomic mass is 10.3. The zero-order valence-electron chi connectivity index (χ0n) is 12.0. The minimum atomic E-state index is -4.54. The van der Waals surface area contributed by atoms with Crippen molar-refractivity contribution in [3.63, 3.8) is 0 Å². The number of nitrogens with one attached hydrogen (secondary N) is 2. The first kappa shape index (κ1) is 14.4. The number of alkyl halides is 3. The molecule has 0 aliphatic carbocycles. The van der Waals surface area contributed by atoms with E-state index in [2.05, 4.69) is 30.4 Å². The summed E-state index contributed by atoms with van der Waals surface area (Å²) < 4.78 is 39.4. The van der Waals surface area contributed by atoms with Gasteiger partial charge in [0.15, 0.2) is 17.2 Å². The van der Waals surface area contributed by atoms with Crippen molar-refractivity contribution >= 4 is 22.5 Å². The fourth-order valence-electron chi connectivity index (χ4n) is 2.39. The van der Waals surface area contributed by atoms with Gasteiger partial charge in [0.1, 0.15) is 12.2 Å². The third-order valence-corrected chi connectivity index (χ3v) is 3.46. The van der Waals surface area contributed by atoms with Crippen LogP contribution >= 0.6 is 0 Å². The minimum Gasteiger partial charge on any atom is -0.360 e. The molecule has 0 amide bonds. The van der Waals surface area contributed by atoms with Crippen molar-refractivity contribution in [2.75, 3.05) is 5.32 Å². The fraction of sp³-hybridized carbons (Fsp3) is 0.143. The molecule has 0 spiro atoms. The molecule has 24 heavy (non-hydrogen) atoms. The van der Waals surface area contributed by atoms with Crippen LogP contribution in [0.25, 0.3) is 16.7 Å². The van der Waals surface area contributed by atoms with Crippen molar-refractivity contribution in [2.24, 2.45) is 0 Å². The van der Waals surface area contributed by atoms with E-state index in [1.54, 1.807) is 0 Å².